The van der Waals surface area contributed by atoms with Crippen LogP contribution in [0.1, 0.15) is 32.7 Å². The van der Waals surface area contributed by atoms with Crippen molar-refractivity contribution in [2.45, 2.75) is 24.5 Å². The number of fused-ring (bicyclic) bond motifs is 3. The van der Waals surface area contributed by atoms with Gasteiger partial charge in [0, 0.05) is 5.92 Å². The summed E-state index contributed by atoms with van der Waals surface area (Å²) in [5.74, 6) is -12.2. The fourth-order valence-electron chi connectivity index (χ4n) is 6.68. The van der Waals surface area contributed by atoms with Gasteiger partial charge in [-0.05, 0) is 67.7 Å². The number of benzene rings is 2. The highest BCUT2D eigenvalue weighted by Gasteiger charge is 2.69. The number of carbonyl (C=O) groups excluding carboxylic acids is 6. The summed E-state index contributed by atoms with van der Waals surface area (Å²) in [5.41, 5.74) is 3.31. The quantitative estimate of drug-likeness (QED) is 0.371. The van der Waals surface area contributed by atoms with Crippen molar-refractivity contribution in [2.24, 2.45) is 29.4 Å². The van der Waals surface area contributed by atoms with Crippen LogP contribution in [0.15, 0.2) is 30.3 Å². The number of hydrogen-bond donors (Lipinski definition) is 3. The van der Waals surface area contributed by atoms with Crippen molar-refractivity contribution in [2.75, 3.05) is 14.1 Å². The maximum Gasteiger partial charge on any atom is 0.235 e. The number of halogens is 1. The van der Waals surface area contributed by atoms with Crippen molar-refractivity contribution in [3.8, 4) is 16.9 Å². The minimum absolute atomic E-state index is 0.0450. The number of aromatic hydroxyl groups is 1. The van der Waals surface area contributed by atoms with E-state index in [0.29, 0.717) is 23.0 Å². The molecule has 0 heterocycles. The highest BCUT2D eigenvalue weighted by molar-refractivity contribution is 6.32. The van der Waals surface area contributed by atoms with Crippen LogP contribution < -0.4 is 5.73 Å². The predicted molar refractivity (Wildman–Crippen MR) is 132 cm³/mol. The Bertz CT molecular complexity index is 1500. The summed E-state index contributed by atoms with van der Waals surface area (Å²) in [5, 5.41) is 22.2. The molecule has 2 aromatic carbocycles. The van der Waals surface area contributed by atoms with Gasteiger partial charge in [0.05, 0.1) is 23.1 Å². The van der Waals surface area contributed by atoms with E-state index in [1.165, 1.54) is 43.3 Å². The number of phenolic OH excluding ortho intramolecular Hbond substituents is 1. The molecule has 4 N–H and O–H groups in total. The van der Waals surface area contributed by atoms with E-state index >= 15 is 0 Å². The molecular formula is C28H25FN2O8. The molecule has 3 aliphatic rings. The molecule has 0 spiro atoms. The van der Waals surface area contributed by atoms with Crippen molar-refractivity contribution in [3.05, 3.63) is 52.8 Å². The molecule has 0 saturated heterocycles. The third kappa shape index (κ3) is 3.60. The van der Waals surface area contributed by atoms with Crippen LogP contribution in [0.2, 0.25) is 0 Å². The molecule has 0 radical (unpaired) electrons. The van der Waals surface area contributed by atoms with Gasteiger partial charge in [-0.3, -0.25) is 33.7 Å². The van der Waals surface area contributed by atoms with E-state index in [2.05, 4.69) is 0 Å². The Morgan fingerprint density at radius 2 is 1.82 bits per heavy atom. The van der Waals surface area contributed by atoms with Crippen LogP contribution in [-0.4, -0.2) is 76.2 Å². The number of phenols is 1. The Morgan fingerprint density at radius 1 is 1.13 bits per heavy atom. The number of nitrogens with two attached hydrogens (primary N) is 1. The number of carbonyl (C=O) groups is 6. The Labute approximate surface area is 221 Å². The van der Waals surface area contributed by atoms with Crippen molar-refractivity contribution in [1.82, 2.24) is 4.90 Å². The van der Waals surface area contributed by atoms with Crippen LogP contribution >= 0.6 is 0 Å². The van der Waals surface area contributed by atoms with E-state index in [1.807, 2.05) is 0 Å². The first kappa shape index (κ1) is 26.5. The number of nitrogens with zero attached hydrogens (tertiary/aromatic N) is 1. The number of Topliss-reactive ketones (excluding diaryl/α,β-unsaturated/α-hetero) is 4. The molecule has 11 heteroatoms. The molecule has 10 nitrogen and oxygen atoms in total. The monoisotopic (exact) mass is 536 g/mol. The molecular weight excluding hydrogens is 511 g/mol. The maximum atomic E-state index is 14.0. The molecule has 3 aliphatic carbocycles. The van der Waals surface area contributed by atoms with Crippen LogP contribution in [0.3, 0.4) is 0 Å². The second-order valence-electron chi connectivity index (χ2n) is 10.6. The first-order valence-electron chi connectivity index (χ1n) is 12.3. The maximum absolute atomic E-state index is 14.0. The zero-order valence-electron chi connectivity index (χ0n) is 21.0. The summed E-state index contributed by atoms with van der Waals surface area (Å²) in [6.45, 7) is 0. The molecule has 2 unspecified atom stereocenters. The van der Waals surface area contributed by atoms with Crippen molar-refractivity contribution in [1.29, 1.82) is 0 Å². The lowest BCUT2D eigenvalue weighted by Gasteiger charge is -2.52. The molecule has 1 amide bonds. The third-order valence-electron chi connectivity index (χ3n) is 8.38. The smallest absolute Gasteiger partial charge is 0.235 e. The number of amides is 1. The molecule has 39 heavy (non-hydrogen) atoms. The normalized spacial score (nSPS) is 30.0. The van der Waals surface area contributed by atoms with Crippen LogP contribution in [0.4, 0.5) is 4.39 Å². The van der Waals surface area contributed by atoms with E-state index in [1.54, 1.807) is 0 Å². The first-order chi connectivity index (χ1) is 18.3. The van der Waals surface area contributed by atoms with Crippen LogP contribution in [0.25, 0.3) is 11.1 Å². The summed E-state index contributed by atoms with van der Waals surface area (Å²) < 4.78 is 14.0. The number of aliphatic hydroxyl groups is 1. The van der Waals surface area contributed by atoms with E-state index in [0.717, 1.165) is 6.07 Å². The topological polar surface area (TPSA) is 172 Å². The van der Waals surface area contributed by atoms with Crippen LogP contribution in [-0.2, 0) is 25.6 Å². The van der Waals surface area contributed by atoms with Gasteiger partial charge >= 0.3 is 0 Å². The lowest BCUT2D eigenvalue weighted by atomic mass is 9.52. The van der Waals surface area contributed by atoms with Gasteiger partial charge in [0.2, 0.25) is 5.91 Å². The van der Waals surface area contributed by atoms with Gasteiger partial charge in [-0.1, -0.05) is 12.1 Å². The van der Waals surface area contributed by atoms with E-state index in [4.69, 9.17) is 5.73 Å². The highest BCUT2D eigenvalue weighted by Crippen LogP contribution is 2.51. The van der Waals surface area contributed by atoms with Crippen molar-refractivity contribution < 1.29 is 43.4 Å². The first-order valence-corrected chi connectivity index (χ1v) is 12.3. The number of hydrogen-bond acceptors (Lipinski definition) is 9. The van der Waals surface area contributed by atoms with Gasteiger partial charge in [-0.25, -0.2) is 4.39 Å². The lowest BCUT2D eigenvalue weighted by molar-refractivity contribution is -0.181. The zero-order chi connectivity index (χ0) is 28.5. The average Bonchev–Trinajstić information content (AvgIpc) is 2.86. The number of likely N-dealkylation sites (N-methyl/N-ethyl adjacent to an activating group) is 1. The Balaban J connectivity index is 1.66. The Morgan fingerprint density at radius 3 is 2.44 bits per heavy atom. The van der Waals surface area contributed by atoms with Gasteiger partial charge in [0.1, 0.15) is 11.6 Å². The van der Waals surface area contributed by atoms with E-state index < -0.39 is 75.9 Å². The summed E-state index contributed by atoms with van der Waals surface area (Å²) in [7, 11) is 3.01. The summed E-state index contributed by atoms with van der Waals surface area (Å²) in [6.07, 6.45) is 0.302. The van der Waals surface area contributed by atoms with Gasteiger partial charge < -0.3 is 15.9 Å². The summed E-state index contributed by atoms with van der Waals surface area (Å²) in [6, 6.07) is 5.37. The average molecular weight is 537 g/mol. The van der Waals surface area contributed by atoms with Gasteiger partial charge in [-0.2, -0.15) is 0 Å². The highest BCUT2D eigenvalue weighted by atomic mass is 19.1. The summed E-state index contributed by atoms with van der Waals surface area (Å²) >= 11 is 0. The zero-order valence-corrected chi connectivity index (χ0v) is 21.0. The number of primary amides is 1. The predicted octanol–water partition coefficient (Wildman–Crippen LogP) is 0.486. The van der Waals surface area contributed by atoms with Crippen molar-refractivity contribution in [3.63, 3.8) is 0 Å². The van der Waals surface area contributed by atoms with Crippen molar-refractivity contribution >= 4 is 35.3 Å². The molecule has 2 fully saturated rings. The fourth-order valence-corrected chi connectivity index (χ4v) is 6.68. The molecule has 0 aromatic heterocycles. The lowest BCUT2D eigenvalue weighted by Crippen LogP contribution is -2.74. The number of aldehydes is 1. The second-order valence-corrected chi connectivity index (χ2v) is 10.6. The molecule has 5 rings (SSSR count). The third-order valence-corrected chi connectivity index (χ3v) is 8.38. The van der Waals surface area contributed by atoms with Gasteiger partial charge in [0.25, 0.3) is 0 Å². The van der Waals surface area contributed by atoms with E-state index in [-0.39, 0.29) is 24.0 Å². The van der Waals surface area contributed by atoms with Gasteiger partial charge in [0.15, 0.2) is 40.9 Å². The molecule has 0 bridgehead atoms. The van der Waals surface area contributed by atoms with E-state index in [9.17, 15) is 43.4 Å². The molecule has 6 atom stereocenters. The molecule has 0 aliphatic heterocycles. The minimum Gasteiger partial charge on any atom is -0.507 e. The Kier molecular flexibility index (Phi) is 6.11. The fraction of sp³-hybridized carbons (Fsp3) is 0.357. The second kappa shape index (κ2) is 8.99. The molecule has 2 aromatic rings. The summed E-state index contributed by atoms with van der Waals surface area (Å²) in [4.78, 5) is 78.9. The number of rotatable bonds is 4. The van der Waals surface area contributed by atoms with Gasteiger partial charge in [-0.15, -0.1) is 0 Å². The van der Waals surface area contributed by atoms with Crippen LogP contribution in [0, 0.1) is 29.5 Å². The number of ketones is 4. The van der Waals surface area contributed by atoms with Crippen LogP contribution in [0.5, 0.6) is 5.75 Å². The molecule has 202 valence electrons. The SMILES string of the molecule is CN(C)[C@@H]1C(=O)C(C(N)=O)C(=O)[C@@]2(O)C(=O)C3C(=O)c4c(O)ccc(-c5ccc(F)c(C=O)c5)c4C[C@H]3C[C@@H]12. The standard InChI is InChI=1S/C28H25FN2O8/c1-31(2)22-16-9-12-8-15-14(11-3-5-17(29)13(7-11)10-32)4-6-18(33)20(15)23(34)19(12)25(36)28(16,39)26(37)21(24(22)35)27(30)38/h3-7,10,12,16,19,21-22,33,39H,8-9H2,1-2H3,(H2,30,38)/t12-,16-,19?,21?,22-,28-/m0/s1. The largest absolute Gasteiger partial charge is 0.507 e. The molecule has 2 saturated carbocycles. The minimum atomic E-state index is -2.81. The Hall–Kier alpha value is -4.09.